The van der Waals surface area contributed by atoms with Crippen molar-refractivity contribution < 1.29 is 13.8 Å². The highest BCUT2D eigenvalue weighted by Gasteiger charge is 2.32. The maximum absolute atomic E-state index is 13.7. The van der Waals surface area contributed by atoms with Crippen LogP contribution in [0.15, 0.2) is 76.5 Å². The molecule has 1 fully saturated rings. The molecular weight excluding hydrogens is 470 g/mol. The van der Waals surface area contributed by atoms with Gasteiger partial charge in [0.25, 0.3) is 11.8 Å². The maximum Gasteiger partial charge on any atom is 0.259 e. The molecule has 3 aromatic carbocycles. The van der Waals surface area contributed by atoms with Crippen LogP contribution in [0.4, 0.5) is 5.69 Å². The molecule has 0 radical (unpaired) electrons. The standard InChI is InChI=1S/C26H24ClN3O3S/c1-28-11-13-29(14-12-28)25(31)19-9-10-24-22(16-19)30(17-18-5-4-6-20(27)15-18)26(32)21-7-2-3-8-23(21)34(24)33/h2-10,15-16H,11-14,17H2,1H3. The summed E-state index contributed by atoms with van der Waals surface area (Å²) in [6, 6.07) is 19.4. The minimum absolute atomic E-state index is 0.0846. The summed E-state index contributed by atoms with van der Waals surface area (Å²) in [7, 11) is 0.476. The molecule has 2 amide bonds. The molecule has 1 unspecified atom stereocenters. The lowest BCUT2D eigenvalue weighted by molar-refractivity contribution is 0.0663. The molecule has 2 aliphatic rings. The van der Waals surface area contributed by atoms with Gasteiger partial charge in [0.2, 0.25) is 0 Å². The number of carbonyl (C=O) groups is 2. The van der Waals surface area contributed by atoms with Gasteiger partial charge in [-0.2, -0.15) is 0 Å². The Morgan fingerprint density at radius 3 is 2.47 bits per heavy atom. The van der Waals surface area contributed by atoms with Crippen molar-refractivity contribution in [2.75, 3.05) is 38.1 Å². The zero-order valence-corrected chi connectivity index (χ0v) is 20.3. The summed E-state index contributed by atoms with van der Waals surface area (Å²) in [5, 5.41) is 0.572. The SMILES string of the molecule is CN1CCN(C(=O)c2ccc3c(c2)N(Cc2cccc(Cl)c2)C(=O)c2ccccc2S3=O)CC1. The van der Waals surface area contributed by atoms with Crippen LogP contribution in [0.2, 0.25) is 5.02 Å². The predicted molar refractivity (Wildman–Crippen MR) is 133 cm³/mol. The number of piperazine rings is 1. The highest BCUT2D eigenvalue weighted by molar-refractivity contribution is 7.85. The average Bonchev–Trinajstić information content (AvgIpc) is 2.93. The Hall–Kier alpha value is -3.00. The Bertz CT molecular complexity index is 1300. The van der Waals surface area contributed by atoms with E-state index in [1.54, 1.807) is 53.4 Å². The molecule has 2 aliphatic heterocycles. The van der Waals surface area contributed by atoms with E-state index >= 15 is 0 Å². The molecule has 6 nitrogen and oxygen atoms in total. The quantitative estimate of drug-likeness (QED) is 0.552. The van der Waals surface area contributed by atoms with E-state index in [0.29, 0.717) is 44.7 Å². The van der Waals surface area contributed by atoms with E-state index in [9.17, 15) is 13.8 Å². The van der Waals surface area contributed by atoms with Crippen LogP contribution in [0, 0.1) is 0 Å². The Morgan fingerprint density at radius 2 is 1.71 bits per heavy atom. The lowest BCUT2D eigenvalue weighted by Crippen LogP contribution is -2.47. The van der Waals surface area contributed by atoms with Crippen molar-refractivity contribution in [1.29, 1.82) is 0 Å². The molecule has 0 aliphatic carbocycles. The Kier molecular flexibility index (Phi) is 6.25. The van der Waals surface area contributed by atoms with Crippen molar-refractivity contribution in [2.24, 2.45) is 0 Å². The van der Waals surface area contributed by atoms with E-state index in [1.165, 1.54) is 0 Å². The van der Waals surface area contributed by atoms with Crippen LogP contribution in [-0.2, 0) is 17.3 Å². The lowest BCUT2D eigenvalue weighted by Gasteiger charge is -2.32. The first-order chi connectivity index (χ1) is 16.4. The van der Waals surface area contributed by atoms with Crippen molar-refractivity contribution in [3.63, 3.8) is 0 Å². The van der Waals surface area contributed by atoms with Crippen LogP contribution in [0.5, 0.6) is 0 Å². The number of hydrogen-bond donors (Lipinski definition) is 0. The molecule has 1 atom stereocenters. The third-order valence-electron chi connectivity index (χ3n) is 6.28. The Balaban J connectivity index is 1.60. The van der Waals surface area contributed by atoms with Gasteiger partial charge >= 0.3 is 0 Å². The molecule has 5 rings (SSSR count). The molecule has 174 valence electrons. The second-order valence-electron chi connectivity index (χ2n) is 8.56. The number of halogens is 1. The topological polar surface area (TPSA) is 60.9 Å². The van der Waals surface area contributed by atoms with Crippen molar-refractivity contribution >= 4 is 39.9 Å². The maximum atomic E-state index is 13.7. The van der Waals surface area contributed by atoms with Gasteiger partial charge in [-0.3, -0.25) is 9.59 Å². The van der Waals surface area contributed by atoms with Gasteiger partial charge in [-0.1, -0.05) is 35.9 Å². The summed E-state index contributed by atoms with van der Waals surface area (Å²) in [5.74, 6) is -0.342. The number of anilines is 1. The van der Waals surface area contributed by atoms with Crippen LogP contribution < -0.4 is 4.90 Å². The van der Waals surface area contributed by atoms with Crippen LogP contribution >= 0.6 is 11.6 Å². The van der Waals surface area contributed by atoms with Gasteiger partial charge in [0, 0.05) is 36.8 Å². The molecule has 2 heterocycles. The zero-order valence-electron chi connectivity index (χ0n) is 18.7. The molecule has 34 heavy (non-hydrogen) atoms. The number of likely N-dealkylation sites (N-methyl/N-ethyl adjacent to an activating group) is 1. The number of carbonyl (C=O) groups excluding carboxylic acids is 2. The van der Waals surface area contributed by atoms with E-state index < -0.39 is 10.8 Å². The summed E-state index contributed by atoms with van der Waals surface area (Å²) in [6.45, 7) is 3.17. The monoisotopic (exact) mass is 493 g/mol. The van der Waals surface area contributed by atoms with Gasteiger partial charge in [0.15, 0.2) is 0 Å². The first-order valence-corrected chi connectivity index (χ1v) is 12.6. The minimum atomic E-state index is -1.56. The molecule has 0 bridgehead atoms. The molecule has 0 spiro atoms. The van der Waals surface area contributed by atoms with Crippen LogP contribution in [0.3, 0.4) is 0 Å². The normalized spacial score (nSPS) is 18.3. The molecule has 3 aromatic rings. The third-order valence-corrected chi connectivity index (χ3v) is 8.01. The molecule has 8 heteroatoms. The number of fused-ring (bicyclic) bond motifs is 2. The summed E-state index contributed by atoms with van der Waals surface area (Å²) >= 11 is 6.19. The van der Waals surface area contributed by atoms with Gasteiger partial charge in [-0.05, 0) is 55.1 Å². The second-order valence-corrected chi connectivity index (χ2v) is 10.4. The Morgan fingerprint density at radius 1 is 0.941 bits per heavy atom. The van der Waals surface area contributed by atoms with Gasteiger partial charge in [-0.25, -0.2) is 4.21 Å². The predicted octanol–water partition coefficient (Wildman–Crippen LogP) is 4.05. The molecule has 0 aromatic heterocycles. The summed E-state index contributed by atoms with van der Waals surface area (Å²) in [4.78, 5) is 33.6. The van der Waals surface area contributed by atoms with Crippen LogP contribution in [-0.4, -0.2) is 59.0 Å². The number of amides is 2. The minimum Gasteiger partial charge on any atom is -0.336 e. The third kappa shape index (κ3) is 4.27. The van der Waals surface area contributed by atoms with Crippen LogP contribution in [0.1, 0.15) is 26.3 Å². The van der Waals surface area contributed by atoms with E-state index in [2.05, 4.69) is 4.90 Å². The second kappa shape index (κ2) is 9.33. The summed E-state index contributed by atoms with van der Waals surface area (Å²) in [6.07, 6.45) is 0. The number of rotatable bonds is 3. The fourth-order valence-electron chi connectivity index (χ4n) is 4.36. The first kappa shape index (κ1) is 22.8. The van der Waals surface area contributed by atoms with Crippen molar-refractivity contribution in [3.8, 4) is 0 Å². The number of benzene rings is 3. The Labute approximate surface area is 206 Å². The van der Waals surface area contributed by atoms with Gasteiger partial charge < -0.3 is 14.7 Å². The van der Waals surface area contributed by atoms with Crippen molar-refractivity contribution in [1.82, 2.24) is 9.80 Å². The van der Waals surface area contributed by atoms with Crippen molar-refractivity contribution in [2.45, 2.75) is 16.3 Å². The first-order valence-electron chi connectivity index (χ1n) is 11.1. The van der Waals surface area contributed by atoms with Crippen molar-refractivity contribution in [3.05, 3.63) is 88.4 Å². The molecule has 0 saturated carbocycles. The zero-order chi connectivity index (χ0) is 23.8. The van der Waals surface area contributed by atoms with Gasteiger partial charge in [-0.15, -0.1) is 0 Å². The fraction of sp³-hybridized carbons (Fsp3) is 0.231. The van der Waals surface area contributed by atoms with E-state index in [0.717, 1.165) is 18.7 Å². The van der Waals surface area contributed by atoms with Gasteiger partial charge in [0.05, 0.1) is 38.4 Å². The molecule has 0 N–H and O–H groups in total. The fourth-order valence-corrected chi connectivity index (χ4v) is 5.92. The summed E-state index contributed by atoms with van der Waals surface area (Å²) < 4.78 is 13.6. The van der Waals surface area contributed by atoms with E-state index in [-0.39, 0.29) is 18.4 Å². The van der Waals surface area contributed by atoms with Gasteiger partial charge in [0.1, 0.15) is 0 Å². The van der Waals surface area contributed by atoms with Crippen LogP contribution in [0.25, 0.3) is 0 Å². The summed E-state index contributed by atoms with van der Waals surface area (Å²) in [5.41, 5.74) is 2.20. The van der Waals surface area contributed by atoms with E-state index in [4.69, 9.17) is 11.6 Å². The average molecular weight is 494 g/mol. The smallest absolute Gasteiger partial charge is 0.259 e. The molecule has 1 saturated heterocycles. The van der Waals surface area contributed by atoms with E-state index in [1.807, 2.05) is 30.1 Å². The number of nitrogens with zero attached hydrogens (tertiary/aromatic N) is 3. The number of hydrogen-bond acceptors (Lipinski definition) is 4. The highest BCUT2D eigenvalue weighted by Crippen LogP contribution is 2.36. The lowest BCUT2D eigenvalue weighted by atomic mass is 10.1. The largest absolute Gasteiger partial charge is 0.336 e. The highest BCUT2D eigenvalue weighted by atomic mass is 35.5. The molecular formula is C26H24ClN3O3S.